The number of aliphatic hydroxyl groups is 2. The highest BCUT2D eigenvalue weighted by Gasteiger charge is 2.08. The van der Waals surface area contributed by atoms with Crippen LogP contribution in [0.1, 0.15) is 0 Å². The number of halogens is 2. The number of para-hydroxylation sites is 2. The fourth-order valence-corrected chi connectivity index (χ4v) is 1.18. The van der Waals surface area contributed by atoms with Crippen LogP contribution in [0.3, 0.4) is 0 Å². The lowest BCUT2D eigenvalue weighted by atomic mass is 10.2. The first-order chi connectivity index (χ1) is 8.13. The van der Waals surface area contributed by atoms with Gasteiger partial charge >= 0.3 is 0 Å². The maximum absolute atomic E-state index is 12.0. The number of rotatable bonds is 7. The van der Waals surface area contributed by atoms with E-state index in [1.165, 1.54) is 0 Å². The zero-order chi connectivity index (χ0) is 12.7. The lowest BCUT2D eigenvalue weighted by molar-refractivity contribution is 0.0820. The molecule has 0 amide bonds. The highest BCUT2D eigenvalue weighted by molar-refractivity contribution is 5.56. The molecule has 0 fully saturated rings. The molecule has 3 N–H and O–H groups in total. The van der Waals surface area contributed by atoms with E-state index >= 15 is 0 Å². The molecule has 0 aliphatic rings. The second-order valence-corrected chi connectivity index (χ2v) is 3.42. The highest BCUT2D eigenvalue weighted by Crippen LogP contribution is 2.23. The monoisotopic (exact) mass is 247 g/mol. The van der Waals surface area contributed by atoms with Gasteiger partial charge in [-0.15, -0.1) is 0 Å². The van der Waals surface area contributed by atoms with E-state index in [0.29, 0.717) is 5.69 Å². The molecule has 0 aliphatic heterocycles. The van der Waals surface area contributed by atoms with Crippen LogP contribution >= 0.6 is 0 Å². The van der Waals surface area contributed by atoms with E-state index in [4.69, 9.17) is 14.9 Å². The SMILES string of the molecule is OCC(O)CNc1ccccc1OCC(F)F. The zero-order valence-electron chi connectivity index (χ0n) is 9.14. The van der Waals surface area contributed by atoms with Crippen molar-refractivity contribution in [3.8, 4) is 5.75 Å². The molecule has 1 atom stereocenters. The van der Waals surface area contributed by atoms with Crippen molar-refractivity contribution in [2.45, 2.75) is 12.5 Å². The third-order valence-electron chi connectivity index (χ3n) is 1.99. The summed E-state index contributed by atoms with van der Waals surface area (Å²) in [6.45, 7) is -0.931. The Labute approximate surface area is 97.8 Å². The van der Waals surface area contributed by atoms with E-state index in [1.54, 1.807) is 24.3 Å². The molecule has 1 aromatic carbocycles. The minimum atomic E-state index is -2.54. The van der Waals surface area contributed by atoms with Gasteiger partial charge in [0.05, 0.1) is 18.4 Å². The molecule has 96 valence electrons. The number of hydrogen-bond acceptors (Lipinski definition) is 4. The largest absolute Gasteiger partial charge is 0.485 e. The number of nitrogens with one attached hydrogen (secondary N) is 1. The first-order valence-electron chi connectivity index (χ1n) is 5.16. The van der Waals surface area contributed by atoms with Crippen LogP contribution in [0.4, 0.5) is 14.5 Å². The number of aliphatic hydroxyl groups excluding tert-OH is 2. The quantitative estimate of drug-likeness (QED) is 0.675. The minimum absolute atomic E-state index is 0.117. The van der Waals surface area contributed by atoms with Crippen LogP contribution in [0.2, 0.25) is 0 Å². The summed E-state index contributed by atoms with van der Waals surface area (Å²) in [5.74, 6) is 0.290. The summed E-state index contributed by atoms with van der Waals surface area (Å²) >= 11 is 0. The normalized spacial score (nSPS) is 12.5. The minimum Gasteiger partial charge on any atom is -0.485 e. The van der Waals surface area contributed by atoms with Crippen LogP contribution in [-0.4, -0.2) is 42.5 Å². The smallest absolute Gasteiger partial charge is 0.272 e. The summed E-state index contributed by atoms with van der Waals surface area (Å²) in [5.41, 5.74) is 0.501. The van der Waals surface area contributed by atoms with Gasteiger partial charge < -0.3 is 20.3 Å². The molecule has 0 radical (unpaired) electrons. The van der Waals surface area contributed by atoms with E-state index in [2.05, 4.69) is 5.32 Å². The van der Waals surface area contributed by atoms with Crippen LogP contribution in [0.15, 0.2) is 24.3 Å². The molecular formula is C11H15F2NO3. The summed E-state index contributed by atoms with van der Waals surface area (Å²) < 4.78 is 28.9. The van der Waals surface area contributed by atoms with Crippen LogP contribution < -0.4 is 10.1 Å². The van der Waals surface area contributed by atoms with Crippen LogP contribution in [-0.2, 0) is 0 Å². The van der Waals surface area contributed by atoms with E-state index in [0.717, 1.165) is 0 Å². The van der Waals surface area contributed by atoms with Gasteiger partial charge in [-0.05, 0) is 12.1 Å². The number of hydrogen-bond donors (Lipinski definition) is 3. The van der Waals surface area contributed by atoms with Crippen LogP contribution in [0.5, 0.6) is 5.75 Å². The van der Waals surface area contributed by atoms with Crippen LogP contribution in [0, 0.1) is 0 Å². The van der Waals surface area contributed by atoms with Gasteiger partial charge in [0.25, 0.3) is 6.43 Å². The fourth-order valence-electron chi connectivity index (χ4n) is 1.18. The maximum atomic E-state index is 12.0. The van der Waals surface area contributed by atoms with Crippen molar-refractivity contribution < 1.29 is 23.7 Å². The second kappa shape index (κ2) is 7.03. The Morgan fingerprint density at radius 1 is 1.29 bits per heavy atom. The summed E-state index contributed by atoms with van der Waals surface area (Å²) in [7, 11) is 0. The summed E-state index contributed by atoms with van der Waals surface area (Å²) in [5, 5.41) is 20.6. The van der Waals surface area contributed by atoms with Crippen molar-refractivity contribution in [1.29, 1.82) is 0 Å². The molecule has 0 saturated carbocycles. The topological polar surface area (TPSA) is 61.7 Å². The maximum Gasteiger partial charge on any atom is 0.272 e. The third kappa shape index (κ3) is 4.97. The fraction of sp³-hybridized carbons (Fsp3) is 0.455. The predicted octanol–water partition coefficient (Wildman–Crippen LogP) is 1.10. The summed E-state index contributed by atoms with van der Waals surface area (Å²) in [6.07, 6.45) is -3.44. The van der Waals surface area contributed by atoms with Gasteiger partial charge in [0, 0.05) is 6.54 Å². The van der Waals surface area contributed by atoms with Gasteiger partial charge in [0.2, 0.25) is 0 Å². The third-order valence-corrected chi connectivity index (χ3v) is 1.99. The summed E-state index contributed by atoms with van der Waals surface area (Å²) in [4.78, 5) is 0. The molecular weight excluding hydrogens is 232 g/mol. The van der Waals surface area contributed by atoms with Crippen LogP contribution in [0.25, 0.3) is 0 Å². The Morgan fingerprint density at radius 3 is 2.65 bits per heavy atom. The van der Waals surface area contributed by atoms with Gasteiger partial charge in [-0.25, -0.2) is 8.78 Å². The van der Waals surface area contributed by atoms with E-state index < -0.39 is 19.1 Å². The summed E-state index contributed by atoms with van der Waals surface area (Å²) in [6, 6.07) is 6.57. The Kier molecular flexibility index (Phi) is 5.65. The van der Waals surface area contributed by atoms with Crippen molar-refractivity contribution in [1.82, 2.24) is 0 Å². The van der Waals surface area contributed by atoms with Crippen molar-refractivity contribution in [3.05, 3.63) is 24.3 Å². The number of alkyl halides is 2. The van der Waals surface area contributed by atoms with Gasteiger partial charge in [-0.3, -0.25) is 0 Å². The van der Waals surface area contributed by atoms with E-state index in [1.807, 2.05) is 0 Å². The van der Waals surface area contributed by atoms with Crippen molar-refractivity contribution in [2.75, 3.05) is 25.1 Å². The average Bonchev–Trinajstić information content (AvgIpc) is 2.34. The molecule has 0 saturated heterocycles. The molecule has 0 heterocycles. The molecule has 0 spiro atoms. The van der Waals surface area contributed by atoms with E-state index in [-0.39, 0.29) is 18.9 Å². The molecule has 4 nitrogen and oxygen atoms in total. The Bertz CT molecular complexity index is 336. The molecule has 1 unspecified atom stereocenters. The zero-order valence-corrected chi connectivity index (χ0v) is 9.14. The van der Waals surface area contributed by atoms with Crippen molar-refractivity contribution in [3.63, 3.8) is 0 Å². The highest BCUT2D eigenvalue weighted by atomic mass is 19.3. The molecule has 0 bridgehead atoms. The standard InChI is InChI=1S/C11H15F2NO3/c12-11(13)7-17-10-4-2-1-3-9(10)14-5-8(16)6-15/h1-4,8,11,14-16H,5-7H2. The number of benzene rings is 1. The van der Waals surface area contributed by atoms with Gasteiger partial charge in [-0.1, -0.05) is 12.1 Å². The molecule has 0 aromatic heterocycles. The average molecular weight is 247 g/mol. The molecule has 6 heteroatoms. The Morgan fingerprint density at radius 2 is 2.00 bits per heavy atom. The number of anilines is 1. The molecule has 17 heavy (non-hydrogen) atoms. The van der Waals surface area contributed by atoms with Gasteiger partial charge in [0.15, 0.2) is 0 Å². The van der Waals surface area contributed by atoms with Gasteiger partial charge in [-0.2, -0.15) is 0 Å². The lowest BCUT2D eigenvalue weighted by Gasteiger charge is -2.14. The molecule has 0 aliphatic carbocycles. The number of ether oxygens (including phenoxy) is 1. The second-order valence-electron chi connectivity index (χ2n) is 3.42. The van der Waals surface area contributed by atoms with Crippen molar-refractivity contribution in [2.24, 2.45) is 0 Å². The molecule has 1 rings (SSSR count). The lowest BCUT2D eigenvalue weighted by Crippen LogP contribution is -2.23. The predicted molar refractivity (Wildman–Crippen MR) is 59.5 cm³/mol. The van der Waals surface area contributed by atoms with E-state index in [9.17, 15) is 8.78 Å². The van der Waals surface area contributed by atoms with Gasteiger partial charge in [0.1, 0.15) is 12.4 Å². The first kappa shape index (κ1) is 13.7. The Balaban J connectivity index is 2.57. The Hall–Kier alpha value is -1.40. The van der Waals surface area contributed by atoms with Crippen molar-refractivity contribution >= 4 is 5.69 Å². The molecule has 1 aromatic rings. The first-order valence-corrected chi connectivity index (χ1v) is 5.16.